The molecule has 1 aromatic rings. The molecule has 0 aliphatic carbocycles. The average molecular weight is 265 g/mol. The average Bonchev–Trinajstić information content (AvgIpc) is 2.84. The molecule has 0 radical (unpaired) electrons. The molecular formula is C13H23N5O. The Bertz CT molecular complexity index is 411. The maximum atomic E-state index is 11.8. The molecule has 6 nitrogen and oxygen atoms in total. The predicted octanol–water partition coefficient (Wildman–Crippen LogP) is 0.965. The molecule has 1 aromatic heterocycles. The largest absolute Gasteiger partial charge is 0.349 e. The van der Waals surface area contributed by atoms with Crippen LogP contribution in [-0.4, -0.2) is 52.2 Å². The van der Waals surface area contributed by atoms with Crippen LogP contribution in [0.4, 0.5) is 0 Å². The molecule has 2 heterocycles. The van der Waals surface area contributed by atoms with Crippen LogP contribution in [0.5, 0.6) is 0 Å². The maximum absolute atomic E-state index is 11.8. The van der Waals surface area contributed by atoms with Gasteiger partial charge in [-0.05, 0) is 38.8 Å². The number of nitrogens with zero attached hydrogens (tertiary/aromatic N) is 3. The summed E-state index contributed by atoms with van der Waals surface area (Å²) < 4.78 is 0. The first-order chi connectivity index (χ1) is 9.15. The van der Waals surface area contributed by atoms with Gasteiger partial charge in [0.2, 0.25) is 5.82 Å². The number of rotatable bonds is 5. The van der Waals surface area contributed by atoms with E-state index in [2.05, 4.69) is 32.3 Å². The molecule has 1 unspecified atom stereocenters. The highest BCUT2D eigenvalue weighted by atomic mass is 16.2. The zero-order valence-electron chi connectivity index (χ0n) is 11.8. The summed E-state index contributed by atoms with van der Waals surface area (Å²) in [6.07, 6.45) is 3.96. The molecule has 0 spiro atoms. The van der Waals surface area contributed by atoms with Gasteiger partial charge in [-0.15, -0.1) is 5.10 Å². The topological polar surface area (TPSA) is 73.9 Å². The number of likely N-dealkylation sites (tertiary alicyclic amines) is 1. The normalized spacial score (nSPS) is 18.2. The van der Waals surface area contributed by atoms with Gasteiger partial charge in [-0.2, -0.15) is 0 Å². The van der Waals surface area contributed by atoms with Crippen LogP contribution >= 0.6 is 0 Å². The smallest absolute Gasteiger partial charge is 0.290 e. The summed E-state index contributed by atoms with van der Waals surface area (Å²) in [6.45, 7) is 8.05. The van der Waals surface area contributed by atoms with Crippen molar-refractivity contribution in [2.75, 3.05) is 26.2 Å². The van der Waals surface area contributed by atoms with E-state index in [4.69, 9.17) is 0 Å². The van der Waals surface area contributed by atoms with Crippen LogP contribution in [0.3, 0.4) is 0 Å². The summed E-state index contributed by atoms with van der Waals surface area (Å²) in [6, 6.07) is 0. The zero-order valence-corrected chi connectivity index (χ0v) is 11.8. The van der Waals surface area contributed by atoms with Crippen molar-refractivity contribution in [1.82, 2.24) is 25.4 Å². The molecule has 6 heteroatoms. The van der Waals surface area contributed by atoms with E-state index in [1.54, 1.807) is 6.92 Å². The first-order valence-electron chi connectivity index (χ1n) is 7.04. The maximum Gasteiger partial charge on any atom is 0.290 e. The van der Waals surface area contributed by atoms with Crippen molar-refractivity contribution in [3.05, 3.63) is 11.6 Å². The summed E-state index contributed by atoms with van der Waals surface area (Å²) in [5.74, 6) is 1.13. The van der Waals surface area contributed by atoms with Gasteiger partial charge in [0.05, 0.1) is 0 Å². The molecule has 1 aliphatic heterocycles. The van der Waals surface area contributed by atoms with Crippen LogP contribution in [0, 0.1) is 12.8 Å². The van der Waals surface area contributed by atoms with Gasteiger partial charge in [-0.1, -0.05) is 13.3 Å². The molecule has 19 heavy (non-hydrogen) atoms. The number of amides is 1. The number of piperidine rings is 1. The first-order valence-corrected chi connectivity index (χ1v) is 7.04. The molecule has 1 amide bonds. The molecule has 0 bridgehead atoms. The van der Waals surface area contributed by atoms with Crippen molar-refractivity contribution >= 4 is 5.91 Å². The second-order valence-electron chi connectivity index (χ2n) is 5.42. The Kier molecular flexibility index (Phi) is 4.90. The van der Waals surface area contributed by atoms with Crippen LogP contribution < -0.4 is 5.32 Å². The Balaban J connectivity index is 1.70. The van der Waals surface area contributed by atoms with E-state index >= 15 is 0 Å². The van der Waals surface area contributed by atoms with Gasteiger partial charge in [0.1, 0.15) is 5.82 Å². The van der Waals surface area contributed by atoms with Crippen molar-refractivity contribution in [3.8, 4) is 0 Å². The number of carbonyl (C=O) groups excluding carboxylic acids is 1. The third-order valence-electron chi connectivity index (χ3n) is 3.43. The molecule has 0 aromatic carbocycles. The lowest BCUT2D eigenvalue weighted by molar-refractivity contribution is 0.0932. The van der Waals surface area contributed by atoms with Crippen molar-refractivity contribution < 1.29 is 4.79 Å². The van der Waals surface area contributed by atoms with Gasteiger partial charge in [0, 0.05) is 13.1 Å². The Morgan fingerprint density at radius 3 is 2.79 bits per heavy atom. The standard InChI is InChI=1S/C13H23N5O/c1-10(9-18-6-4-3-5-7-18)8-14-13(19)12-15-11(2)16-17-12/h10H,3-9H2,1-2H3,(H,14,19)(H,15,16,17). The molecule has 2 N–H and O–H groups in total. The summed E-state index contributed by atoms with van der Waals surface area (Å²) in [5.41, 5.74) is 0. The molecular weight excluding hydrogens is 242 g/mol. The van der Waals surface area contributed by atoms with Gasteiger partial charge < -0.3 is 10.2 Å². The van der Waals surface area contributed by atoms with Gasteiger partial charge in [-0.25, -0.2) is 4.98 Å². The van der Waals surface area contributed by atoms with E-state index in [1.165, 1.54) is 32.4 Å². The fourth-order valence-corrected chi connectivity index (χ4v) is 2.44. The molecule has 0 saturated carbocycles. The summed E-state index contributed by atoms with van der Waals surface area (Å²) in [7, 11) is 0. The van der Waals surface area contributed by atoms with Crippen molar-refractivity contribution in [1.29, 1.82) is 0 Å². The summed E-state index contributed by atoms with van der Waals surface area (Å²) in [4.78, 5) is 18.3. The van der Waals surface area contributed by atoms with Gasteiger partial charge >= 0.3 is 0 Å². The highest BCUT2D eigenvalue weighted by Gasteiger charge is 2.15. The minimum atomic E-state index is -0.199. The van der Waals surface area contributed by atoms with Crippen LogP contribution in [0.2, 0.25) is 0 Å². The fourth-order valence-electron chi connectivity index (χ4n) is 2.44. The molecule has 1 aliphatic rings. The van der Waals surface area contributed by atoms with E-state index in [9.17, 15) is 4.79 Å². The molecule has 106 valence electrons. The van der Waals surface area contributed by atoms with Crippen LogP contribution in [0.25, 0.3) is 0 Å². The quantitative estimate of drug-likeness (QED) is 0.832. The lowest BCUT2D eigenvalue weighted by atomic mass is 10.1. The van der Waals surface area contributed by atoms with E-state index in [0.29, 0.717) is 18.3 Å². The highest BCUT2D eigenvalue weighted by molar-refractivity contribution is 5.90. The summed E-state index contributed by atoms with van der Waals surface area (Å²) >= 11 is 0. The lowest BCUT2D eigenvalue weighted by Crippen LogP contribution is -2.38. The monoisotopic (exact) mass is 265 g/mol. The Morgan fingerprint density at radius 1 is 1.42 bits per heavy atom. The second kappa shape index (κ2) is 6.65. The second-order valence-corrected chi connectivity index (χ2v) is 5.42. The molecule has 1 atom stereocenters. The van der Waals surface area contributed by atoms with E-state index in [-0.39, 0.29) is 11.7 Å². The van der Waals surface area contributed by atoms with Crippen LogP contribution in [0.15, 0.2) is 0 Å². The minimum absolute atomic E-state index is 0.199. The molecule has 2 rings (SSSR count). The van der Waals surface area contributed by atoms with Crippen molar-refractivity contribution in [3.63, 3.8) is 0 Å². The number of hydrogen-bond acceptors (Lipinski definition) is 4. The zero-order chi connectivity index (χ0) is 13.7. The number of aromatic amines is 1. The van der Waals surface area contributed by atoms with E-state index in [1.807, 2.05) is 0 Å². The summed E-state index contributed by atoms with van der Waals surface area (Å²) in [5, 5.41) is 9.41. The Morgan fingerprint density at radius 2 is 2.16 bits per heavy atom. The lowest BCUT2D eigenvalue weighted by Gasteiger charge is -2.29. The van der Waals surface area contributed by atoms with E-state index < -0.39 is 0 Å². The number of hydrogen-bond donors (Lipinski definition) is 2. The number of H-pyrrole nitrogens is 1. The van der Waals surface area contributed by atoms with Gasteiger partial charge in [0.15, 0.2) is 0 Å². The minimum Gasteiger partial charge on any atom is -0.349 e. The van der Waals surface area contributed by atoms with Crippen molar-refractivity contribution in [2.24, 2.45) is 5.92 Å². The third kappa shape index (κ3) is 4.31. The molecule has 1 saturated heterocycles. The number of nitrogens with one attached hydrogen (secondary N) is 2. The number of aromatic nitrogens is 3. The van der Waals surface area contributed by atoms with Crippen LogP contribution in [-0.2, 0) is 0 Å². The highest BCUT2D eigenvalue weighted by Crippen LogP contribution is 2.10. The third-order valence-corrected chi connectivity index (χ3v) is 3.43. The fraction of sp³-hybridized carbons (Fsp3) is 0.769. The number of aryl methyl sites for hydroxylation is 1. The number of carbonyl (C=O) groups is 1. The van der Waals surface area contributed by atoms with E-state index in [0.717, 1.165) is 6.54 Å². The Labute approximate surface area is 114 Å². The van der Waals surface area contributed by atoms with Gasteiger partial charge in [0.25, 0.3) is 5.91 Å². The van der Waals surface area contributed by atoms with Crippen LogP contribution in [0.1, 0.15) is 42.6 Å². The van der Waals surface area contributed by atoms with Gasteiger partial charge in [-0.3, -0.25) is 9.89 Å². The Hall–Kier alpha value is -1.43. The molecule has 1 fully saturated rings. The SMILES string of the molecule is Cc1nc(C(=O)NCC(C)CN2CCCCC2)n[nH]1. The predicted molar refractivity (Wildman–Crippen MR) is 72.9 cm³/mol. The van der Waals surface area contributed by atoms with Crippen molar-refractivity contribution in [2.45, 2.75) is 33.1 Å². The first kappa shape index (κ1) is 14.0.